The van der Waals surface area contributed by atoms with Crippen molar-refractivity contribution >= 4 is 11.9 Å². The van der Waals surface area contributed by atoms with Gasteiger partial charge in [0.05, 0.1) is 20.8 Å². The van der Waals surface area contributed by atoms with E-state index in [2.05, 4.69) is 5.32 Å². The lowest BCUT2D eigenvalue weighted by molar-refractivity contribution is -0.132. The molecule has 3 amide bonds. The second kappa shape index (κ2) is 7.26. The molecule has 0 aliphatic carbocycles. The largest absolute Gasteiger partial charge is 0.497 e. The van der Waals surface area contributed by atoms with E-state index in [0.717, 1.165) is 4.90 Å². The van der Waals surface area contributed by atoms with E-state index >= 15 is 0 Å². The van der Waals surface area contributed by atoms with E-state index in [-0.39, 0.29) is 18.2 Å². The molecule has 1 heterocycles. The van der Waals surface area contributed by atoms with Gasteiger partial charge in [-0.1, -0.05) is 25.1 Å². The first-order valence-corrected chi connectivity index (χ1v) is 8.56. The van der Waals surface area contributed by atoms with Gasteiger partial charge in [-0.05, 0) is 41.8 Å². The Bertz CT molecular complexity index is 869. The van der Waals surface area contributed by atoms with Crippen molar-refractivity contribution in [1.29, 1.82) is 0 Å². The van der Waals surface area contributed by atoms with Crippen LogP contribution in [-0.2, 0) is 16.9 Å². The Morgan fingerprint density at radius 3 is 2.33 bits per heavy atom. The molecule has 1 aliphatic rings. The second-order valence-electron chi connectivity index (χ2n) is 6.28. The molecule has 2 aromatic carbocycles. The number of rotatable bonds is 6. The summed E-state index contributed by atoms with van der Waals surface area (Å²) in [6.45, 7) is 1.81. The van der Waals surface area contributed by atoms with Gasteiger partial charge in [-0.2, -0.15) is 0 Å². The molecule has 0 saturated carbocycles. The van der Waals surface area contributed by atoms with Crippen molar-refractivity contribution in [3.63, 3.8) is 0 Å². The molecule has 142 valence electrons. The number of nitrogens with zero attached hydrogens (tertiary/aromatic N) is 1. The van der Waals surface area contributed by atoms with Crippen molar-refractivity contribution in [1.82, 2.24) is 10.2 Å². The minimum atomic E-state index is -1.14. The van der Waals surface area contributed by atoms with Crippen LogP contribution >= 0.6 is 0 Å². The average molecular weight is 372 g/mol. The van der Waals surface area contributed by atoms with Gasteiger partial charge in [-0.25, -0.2) is 9.18 Å². The molecule has 1 fully saturated rings. The predicted octanol–water partition coefficient (Wildman–Crippen LogP) is 3.20. The van der Waals surface area contributed by atoms with Crippen molar-refractivity contribution < 1.29 is 23.5 Å². The maximum atomic E-state index is 13.9. The number of nitrogens with one attached hydrogen (secondary N) is 1. The zero-order valence-corrected chi connectivity index (χ0v) is 15.4. The fourth-order valence-corrected chi connectivity index (χ4v) is 3.28. The minimum Gasteiger partial charge on any atom is -0.497 e. The standard InChI is InChI=1S/C20H21FN2O4/c1-4-20(14-6-8-15(26-2)9-7-14)18(24)23(19(25)22-20)12-13-5-10-17(27-3)16(21)11-13/h5-11H,4,12H2,1-3H3,(H,22,25)/t20-/m1/s1. The number of carbonyl (C=O) groups excluding carboxylic acids is 2. The van der Waals surface area contributed by atoms with E-state index in [1.165, 1.54) is 19.2 Å². The summed E-state index contributed by atoms with van der Waals surface area (Å²) in [7, 11) is 2.93. The number of benzene rings is 2. The quantitative estimate of drug-likeness (QED) is 0.791. The number of carbonyl (C=O) groups is 2. The van der Waals surface area contributed by atoms with Crippen LogP contribution in [0, 0.1) is 5.82 Å². The third-order valence-electron chi connectivity index (χ3n) is 4.85. The molecule has 0 spiro atoms. The van der Waals surface area contributed by atoms with Crippen LogP contribution in [0.25, 0.3) is 0 Å². The fraction of sp³-hybridized carbons (Fsp3) is 0.300. The molecule has 1 N–H and O–H groups in total. The SMILES string of the molecule is CC[C@]1(c2ccc(OC)cc2)NC(=O)N(Cc2ccc(OC)c(F)c2)C1=O. The van der Waals surface area contributed by atoms with Gasteiger partial charge >= 0.3 is 6.03 Å². The number of urea groups is 1. The Kier molecular flexibility index (Phi) is 5.03. The van der Waals surface area contributed by atoms with E-state index in [1.54, 1.807) is 37.4 Å². The average Bonchev–Trinajstić information content (AvgIpc) is 2.93. The number of imide groups is 1. The van der Waals surface area contributed by atoms with Crippen LogP contribution in [0.4, 0.5) is 9.18 Å². The highest BCUT2D eigenvalue weighted by Gasteiger charge is 2.51. The second-order valence-corrected chi connectivity index (χ2v) is 6.28. The highest BCUT2D eigenvalue weighted by Crippen LogP contribution is 2.34. The number of ether oxygens (including phenoxy) is 2. The molecular weight excluding hydrogens is 351 g/mol. The fourth-order valence-electron chi connectivity index (χ4n) is 3.28. The Morgan fingerprint density at radius 2 is 1.78 bits per heavy atom. The van der Waals surface area contributed by atoms with Crippen LogP contribution in [0.1, 0.15) is 24.5 Å². The van der Waals surface area contributed by atoms with Crippen LogP contribution in [0.3, 0.4) is 0 Å². The van der Waals surface area contributed by atoms with Crippen molar-refractivity contribution in [2.75, 3.05) is 14.2 Å². The van der Waals surface area contributed by atoms with Gasteiger partial charge in [0.1, 0.15) is 11.3 Å². The molecule has 1 atom stereocenters. The van der Waals surface area contributed by atoms with Gasteiger partial charge in [-0.15, -0.1) is 0 Å². The number of methoxy groups -OCH3 is 2. The van der Waals surface area contributed by atoms with Crippen LogP contribution in [0.5, 0.6) is 11.5 Å². The molecule has 3 rings (SSSR count). The van der Waals surface area contributed by atoms with Gasteiger partial charge < -0.3 is 14.8 Å². The first kappa shape index (κ1) is 18.7. The molecular formula is C20H21FN2O4. The monoisotopic (exact) mass is 372 g/mol. The van der Waals surface area contributed by atoms with Crippen LogP contribution in [0.2, 0.25) is 0 Å². The smallest absolute Gasteiger partial charge is 0.325 e. The summed E-state index contributed by atoms with van der Waals surface area (Å²) in [5.74, 6) is -0.139. The van der Waals surface area contributed by atoms with Crippen LogP contribution in [-0.4, -0.2) is 31.1 Å². The van der Waals surface area contributed by atoms with Crippen LogP contribution in [0.15, 0.2) is 42.5 Å². The minimum absolute atomic E-state index is 0.0243. The predicted molar refractivity (Wildman–Crippen MR) is 97.0 cm³/mol. The normalized spacial score (nSPS) is 19.2. The molecule has 27 heavy (non-hydrogen) atoms. The lowest BCUT2D eigenvalue weighted by atomic mass is 9.87. The van der Waals surface area contributed by atoms with E-state index in [4.69, 9.17) is 9.47 Å². The van der Waals surface area contributed by atoms with Crippen molar-refractivity contribution in [3.8, 4) is 11.5 Å². The Hall–Kier alpha value is -3.09. The third-order valence-corrected chi connectivity index (χ3v) is 4.85. The van der Waals surface area contributed by atoms with Gasteiger partial charge in [0.2, 0.25) is 0 Å². The molecule has 7 heteroatoms. The number of amides is 3. The lowest BCUT2D eigenvalue weighted by Crippen LogP contribution is -2.43. The zero-order valence-electron chi connectivity index (χ0n) is 15.4. The number of halogens is 1. The third kappa shape index (κ3) is 3.20. The molecule has 2 aromatic rings. The van der Waals surface area contributed by atoms with E-state index in [0.29, 0.717) is 23.3 Å². The molecule has 0 aromatic heterocycles. The molecule has 1 aliphatic heterocycles. The van der Waals surface area contributed by atoms with E-state index < -0.39 is 17.4 Å². The molecule has 0 radical (unpaired) electrons. The zero-order chi connectivity index (χ0) is 19.6. The summed E-state index contributed by atoms with van der Waals surface area (Å²) in [6, 6.07) is 10.9. The maximum Gasteiger partial charge on any atom is 0.325 e. The molecule has 1 saturated heterocycles. The summed E-state index contributed by atoms with van der Waals surface area (Å²) >= 11 is 0. The van der Waals surface area contributed by atoms with Gasteiger partial charge in [0, 0.05) is 0 Å². The lowest BCUT2D eigenvalue weighted by Gasteiger charge is -2.26. The van der Waals surface area contributed by atoms with E-state index in [1.807, 2.05) is 6.92 Å². The first-order chi connectivity index (χ1) is 12.9. The summed E-state index contributed by atoms with van der Waals surface area (Å²) < 4.78 is 24.0. The summed E-state index contributed by atoms with van der Waals surface area (Å²) in [5, 5.41) is 2.81. The summed E-state index contributed by atoms with van der Waals surface area (Å²) in [6.07, 6.45) is 0.386. The Morgan fingerprint density at radius 1 is 1.07 bits per heavy atom. The Labute approximate surface area is 156 Å². The van der Waals surface area contributed by atoms with Gasteiger partial charge in [0.15, 0.2) is 11.6 Å². The topological polar surface area (TPSA) is 67.9 Å². The van der Waals surface area contributed by atoms with Gasteiger partial charge in [-0.3, -0.25) is 9.69 Å². The molecule has 0 bridgehead atoms. The number of hydrogen-bond donors (Lipinski definition) is 1. The van der Waals surface area contributed by atoms with Crippen molar-refractivity contribution in [2.24, 2.45) is 0 Å². The van der Waals surface area contributed by atoms with Crippen molar-refractivity contribution in [3.05, 3.63) is 59.4 Å². The van der Waals surface area contributed by atoms with E-state index in [9.17, 15) is 14.0 Å². The molecule has 6 nitrogen and oxygen atoms in total. The number of hydrogen-bond acceptors (Lipinski definition) is 4. The highest BCUT2D eigenvalue weighted by atomic mass is 19.1. The first-order valence-electron chi connectivity index (χ1n) is 8.56. The maximum absolute atomic E-state index is 13.9. The van der Waals surface area contributed by atoms with Gasteiger partial charge in [0.25, 0.3) is 5.91 Å². The Balaban J connectivity index is 1.89. The van der Waals surface area contributed by atoms with Crippen LogP contribution < -0.4 is 14.8 Å². The summed E-state index contributed by atoms with van der Waals surface area (Å²) in [4.78, 5) is 26.8. The molecule has 0 unspecified atom stereocenters. The van der Waals surface area contributed by atoms with Crippen molar-refractivity contribution in [2.45, 2.75) is 25.4 Å². The summed E-state index contributed by atoms with van der Waals surface area (Å²) in [5.41, 5.74) is 0.0277. The highest BCUT2D eigenvalue weighted by molar-refractivity contribution is 6.07.